The second-order valence-corrected chi connectivity index (χ2v) is 7.83. The van der Waals surface area contributed by atoms with Crippen LogP contribution in [0.15, 0.2) is 36.4 Å². The zero-order chi connectivity index (χ0) is 20.1. The summed E-state index contributed by atoms with van der Waals surface area (Å²) in [6, 6.07) is 11.7. The van der Waals surface area contributed by atoms with Crippen molar-refractivity contribution in [2.24, 2.45) is 0 Å². The number of imide groups is 1. The summed E-state index contributed by atoms with van der Waals surface area (Å²) in [6.45, 7) is 0.508. The Kier molecular flexibility index (Phi) is 4.45. The molecule has 8 heteroatoms. The van der Waals surface area contributed by atoms with Gasteiger partial charge in [0.2, 0.25) is 0 Å². The second-order valence-electron chi connectivity index (χ2n) is 7.02. The number of benzene rings is 2. The predicted octanol–water partition coefficient (Wildman–Crippen LogP) is 3.99. The van der Waals surface area contributed by atoms with Gasteiger partial charge in [-0.05, 0) is 42.7 Å². The van der Waals surface area contributed by atoms with E-state index >= 15 is 0 Å². The van der Waals surface area contributed by atoms with Crippen molar-refractivity contribution < 1.29 is 9.59 Å². The minimum atomic E-state index is -0.939. The Morgan fingerprint density at radius 2 is 1.79 bits per heavy atom. The topological polar surface area (TPSA) is 90.4 Å². The smallest absolute Gasteiger partial charge is 0.332 e. The largest absolute Gasteiger partial charge is 0.396 e. The summed E-state index contributed by atoms with van der Waals surface area (Å²) < 4.78 is 0. The van der Waals surface area contributed by atoms with E-state index < -0.39 is 5.54 Å². The number of carbonyl (C=O) groups is 2. The first-order valence-corrected chi connectivity index (χ1v) is 9.53. The quantitative estimate of drug-likeness (QED) is 0.606. The molecular formula is C20H16Cl2N4O2. The maximum absolute atomic E-state index is 13.4. The molecule has 0 saturated carbocycles. The van der Waals surface area contributed by atoms with E-state index in [1.54, 1.807) is 17.0 Å². The summed E-state index contributed by atoms with van der Waals surface area (Å²) in [7, 11) is 0. The molecule has 2 aromatic rings. The zero-order valence-corrected chi connectivity index (χ0v) is 16.3. The fourth-order valence-corrected chi connectivity index (χ4v) is 4.49. The molecule has 2 aliphatic rings. The van der Waals surface area contributed by atoms with Gasteiger partial charge in [-0.15, -0.1) is 0 Å². The van der Waals surface area contributed by atoms with Crippen LogP contribution >= 0.6 is 23.2 Å². The Bertz CT molecular complexity index is 1010. The molecule has 3 amide bonds. The molecule has 4 rings (SSSR count). The number of fused-ring (bicyclic) bond motifs is 1. The minimum Gasteiger partial charge on any atom is -0.396 e. The van der Waals surface area contributed by atoms with Gasteiger partial charge < -0.3 is 10.6 Å². The van der Waals surface area contributed by atoms with Crippen molar-refractivity contribution >= 4 is 46.5 Å². The lowest BCUT2D eigenvalue weighted by molar-refractivity contribution is -0.123. The zero-order valence-electron chi connectivity index (χ0n) is 14.8. The number of urea groups is 1. The molecule has 0 aromatic heterocycles. The third-order valence-corrected chi connectivity index (χ3v) is 6.04. The molecule has 6 nitrogen and oxygen atoms in total. The van der Waals surface area contributed by atoms with Crippen LogP contribution in [-0.2, 0) is 11.2 Å². The van der Waals surface area contributed by atoms with E-state index in [1.165, 1.54) is 12.1 Å². The average Bonchev–Trinajstić information content (AvgIpc) is 3.18. The number of anilines is 2. The van der Waals surface area contributed by atoms with Gasteiger partial charge in [0.15, 0.2) is 0 Å². The number of nitrogens with two attached hydrogens (primary N) is 1. The number of halogens is 2. The molecule has 2 heterocycles. The highest BCUT2D eigenvalue weighted by molar-refractivity contribution is 6.39. The van der Waals surface area contributed by atoms with E-state index in [2.05, 4.69) is 6.07 Å². The number of nitrogen functional groups attached to an aromatic ring is 1. The molecule has 2 aliphatic heterocycles. The Morgan fingerprint density at radius 1 is 1.14 bits per heavy atom. The second kappa shape index (κ2) is 6.69. The number of nitriles is 1. The van der Waals surface area contributed by atoms with E-state index in [-0.39, 0.29) is 27.7 Å². The standard InChI is InChI=1S/C20H16Cl2N4O2/c21-15-8-14(9-16(22)17(15)24)26-18(27)20(6-1-7-25(20)19(26)28)10-12-2-4-13(11-23)5-3-12/h2-5,8-9H,1,6-7,10,24H2. The van der Waals surface area contributed by atoms with E-state index in [1.807, 2.05) is 12.1 Å². The molecule has 0 bridgehead atoms. The lowest BCUT2D eigenvalue weighted by Crippen LogP contribution is -2.47. The van der Waals surface area contributed by atoms with Gasteiger partial charge >= 0.3 is 6.03 Å². The van der Waals surface area contributed by atoms with Gasteiger partial charge in [0.25, 0.3) is 5.91 Å². The Balaban J connectivity index is 1.73. The number of amides is 3. The molecule has 0 radical (unpaired) electrons. The fraction of sp³-hybridized carbons (Fsp3) is 0.250. The predicted molar refractivity (Wildman–Crippen MR) is 107 cm³/mol. The maximum atomic E-state index is 13.4. The Labute approximate surface area is 172 Å². The molecule has 0 aliphatic carbocycles. The molecule has 1 atom stereocenters. The molecule has 2 N–H and O–H groups in total. The van der Waals surface area contributed by atoms with Crippen molar-refractivity contribution in [1.29, 1.82) is 5.26 Å². The van der Waals surface area contributed by atoms with E-state index in [9.17, 15) is 9.59 Å². The van der Waals surface area contributed by atoms with Crippen LogP contribution in [0.25, 0.3) is 0 Å². The van der Waals surface area contributed by atoms with Crippen LogP contribution in [0.4, 0.5) is 16.2 Å². The number of hydrogen-bond donors (Lipinski definition) is 1. The molecule has 0 spiro atoms. The van der Waals surface area contributed by atoms with Gasteiger partial charge in [0.1, 0.15) is 5.54 Å². The lowest BCUT2D eigenvalue weighted by atomic mass is 9.87. The molecule has 28 heavy (non-hydrogen) atoms. The number of rotatable bonds is 3. The maximum Gasteiger partial charge on any atom is 0.332 e. The number of hydrogen-bond acceptors (Lipinski definition) is 4. The van der Waals surface area contributed by atoms with Crippen LogP contribution in [0, 0.1) is 11.3 Å². The first-order chi connectivity index (χ1) is 13.4. The highest BCUT2D eigenvalue weighted by Gasteiger charge is 2.59. The van der Waals surface area contributed by atoms with Gasteiger partial charge in [0, 0.05) is 13.0 Å². The van der Waals surface area contributed by atoms with Crippen molar-refractivity contribution in [3.63, 3.8) is 0 Å². The summed E-state index contributed by atoms with van der Waals surface area (Å²) in [4.78, 5) is 29.3. The van der Waals surface area contributed by atoms with Crippen molar-refractivity contribution in [2.75, 3.05) is 17.2 Å². The van der Waals surface area contributed by atoms with Crippen molar-refractivity contribution in [2.45, 2.75) is 24.8 Å². The first kappa shape index (κ1) is 18.6. The SMILES string of the molecule is N#Cc1ccc(CC23CCCN2C(=O)N(c2cc(Cl)c(N)c(Cl)c2)C3=O)cc1. The van der Waals surface area contributed by atoms with Crippen LogP contribution in [-0.4, -0.2) is 28.9 Å². The molecule has 2 saturated heterocycles. The number of carbonyl (C=O) groups excluding carboxylic acids is 2. The number of nitrogens with zero attached hydrogens (tertiary/aromatic N) is 3. The fourth-order valence-electron chi connectivity index (χ4n) is 4.02. The summed E-state index contributed by atoms with van der Waals surface area (Å²) in [6.07, 6.45) is 1.71. The van der Waals surface area contributed by atoms with Crippen LogP contribution in [0.1, 0.15) is 24.0 Å². The molecule has 142 valence electrons. The summed E-state index contributed by atoms with van der Waals surface area (Å²) >= 11 is 12.2. The molecule has 2 aromatic carbocycles. The summed E-state index contributed by atoms with van der Waals surface area (Å²) in [5.74, 6) is -0.295. The molecule has 2 fully saturated rings. The van der Waals surface area contributed by atoms with E-state index in [0.29, 0.717) is 30.6 Å². The third-order valence-electron chi connectivity index (χ3n) is 5.41. The van der Waals surface area contributed by atoms with Gasteiger partial charge in [-0.1, -0.05) is 35.3 Å². The van der Waals surface area contributed by atoms with Crippen molar-refractivity contribution in [3.8, 4) is 6.07 Å². The Morgan fingerprint density at radius 3 is 2.39 bits per heavy atom. The normalized spacial score (nSPS) is 21.2. The van der Waals surface area contributed by atoms with Crippen LogP contribution in [0.5, 0.6) is 0 Å². The third kappa shape index (κ3) is 2.70. The van der Waals surface area contributed by atoms with E-state index in [4.69, 9.17) is 34.2 Å². The minimum absolute atomic E-state index is 0.191. The summed E-state index contributed by atoms with van der Waals surface area (Å²) in [5.41, 5.74) is 6.80. The molecule has 1 unspecified atom stereocenters. The highest BCUT2D eigenvalue weighted by atomic mass is 35.5. The summed E-state index contributed by atoms with van der Waals surface area (Å²) in [5, 5.41) is 9.35. The van der Waals surface area contributed by atoms with Gasteiger partial charge in [-0.25, -0.2) is 9.69 Å². The monoisotopic (exact) mass is 414 g/mol. The average molecular weight is 415 g/mol. The van der Waals surface area contributed by atoms with Crippen molar-refractivity contribution in [3.05, 3.63) is 57.6 Å². The van der Waals surface area contributed by atoms with Crippen molar-refractivity contribution in [1.82, 2.24) is 4.90 Å². The van der Waals surface area contributed by atoms with Crippen LogP contribution in [0.2, 0.25) is 10.0 Å². The Hall–Kier alpha value is -2.75. The van der Waals surface area contributed by atoms with Crippen LogP contribution in [0.3, 0.4) is 0 Å². The highest BCUT2D eigenvalue weighted by Crippen LogP contribution is 2.43. The first-order valence-electron chi connectivity index (χ1n) is 8.77. The van der Waals surface area contributed by atoms with Gasteiger partial charge in [-0.3, -0.25) is 4.79 Å². The molecular weight excluding hydrogens is 399 g/mol. The lowest BCUT2D eigenvalue weighted by Gasteiger charge is -2.28. The van der Waals surface area contributed by atoms with Gasteiger partial charge in [-0.2, -0.15) is 5.26 Å². The van der Waals surface area contributed by atoms with Crippen LogP contribution < -0.4 is 10.6 Å². The van der Waals surface area contributed by atoms with E-state index in [0.717, 1.165) is 16.9 Å². The van der Waals surface area contributed by atoms with Gasteiger partial charge in [0.05, 0.1) is 33.1 Å².